The van der Waals surface area contributed by atoms with Crippen LogP contribution in [0.1, 0.15) is 30.8 Å². The Morgan fingerprint density at radius 3 is 3.09 bits per heavy atom. The van der Waals surface area contributed by atoms with Crippen LogP contribution < -0.4 is 5.32 Å². The molecular formula is C15H20N6O2. The van der Waals surface area contributed by atoms with Crippen molar-refractivity contribution in [2.24, 2.45) is 0 Å². The number of likely N-dealkylation sites (tertiary alicyclic amines) is 1. The zero-order valence-corrected chi connectivity index (χ0v) is 13.0. The molecule has 0 aromatic carbocycles. The molecule has 3 rings (SSSR count). The lowest BCUT2D eigenvalue weighted by Crippen LogP contribution is -2.31. The van der Waals surface area contributed by atoms with Gasteiger partial charge in [0.25, 0.3) is 0 Å². The Bertz CT molecular complexity index is 678. The third kappa shape index (κ3) is 3.77. The lowest BCUT2D eigenvalue weighted by atomic mass is 10.1. The molecule has 0 aliphatic carbocycles. The van der Waals surface area contributed by atoms with Gasteiger partial charge in [-0.05, 0) is 6.42 Å². The van der Waals surface area contributed by atoms with Crippen LogP contribution >= 0.6 is 0 Å². The maximum absolute atomic E-state index is 12.3. The summed E-state index contributed by atoms with van der Waals surface area (Å²) in [6.45, 7) is 3.65. The minimum atomic E-state index is -0.0710. The number of aromatic nitrogens is 4. The quantitative estimate of drug-likeness (QED) is 0.827. The molecule has 1 fully saturated rings. The number of carbonyl (C=O) groups excluding carboxylic acids is 2. The van der Waals surface area contributed by atoms with Gasteiger partial charge in [-0.25, -0.2) is 9.97 Å². The van der Waals surface area contributed by atoms with E-state index in [2.05, 4.69) is 20.3 Å². The minimum Gasteiger partial charge on any atom is -0.351 e. The number of rotatable bonds is 5. The van der Waals surface area contributed by atoms with E-state index in [-0.39, 0.29) is 17.7 Å². The van der Waals surface area contributed by atoms with E-state index in [1.807, 2.05) is 4.90 Å². The first-order chi connectivity index (χ1) is 11.1. The predicted octanol–water partition coefficient (Wildman–Crippen LogP) is 0.258. The van der Waals surface area contributed by atoms with Crippen LogP contribution in [0.3, 0.4) is 0 Å². The van der Waals surface area contributed by atoms with Gasteiger partial charge in [0, 0.05) is 38.3 Å². The van der Waals surface area contributed by atoms with Crippen LogP contribution in [0.5, 0.6) is 0 Å². The van der Waals surface area contributed by atoms with Crippen molar-refractivity contribution >= 4 is 11.8 Å². The van der Waals surface area contributed by atoms with Gasteiger partial charge < -0.3 is 19.8 Å². The first-order valence-corrected chi connectivity index (χ1v) is 7.63. The molecule has 2 aromatic rings. The fourth-order valence-electron chi connectivity index (χ4n) is 2.74. The molecule has 1 unspecified atom stereocenters. The standard InChI is InChI=1S/C15H20N6O2/c1-11(22)17-6-13-7-18-15(19-13)12-2-4-21(8-12)14(23)9-20-5-3-16-10-20/h3,5,7,10,12H,2,4,6,8-9H2,1H3,(H,17,22)(H,18,19). The van der Waals surface area contributed by atoms with Gasteiger partial charge in [0.05, 0.1) is 24.8 Å². The van der Waals surface area contributed by atoms with Crippen molar-refractivity contribution in [2.45, 2.75) is 32.4 Å². The van der Waals surface area contributed by atoms with Crippen LogP contribution in [0.2, 0.25) is 0 Å². The summed E-state index contributed by atoms with van der Waals surface area (Å²) in [4.78, 5) is 36.6. The highest BCUT2D eigenvalue weighted by molar-refractivity contribution is 5.76. The highest BCUT2D eigenvalue weighted by Gasteiger charge is 2.29. The number of carbonyl (C=O) groups is 2. The number of hydrogen-bond acceptors (Lipinski definition) is 4. The van der Waals surface area contributed by atoms with Crippen LogP contribution in [0.25, 0.3) is 0 Å². The van der Waals surface area contributed by atoms with Gasteiger partial charge in [-0.15, -0.1) is 0 Å². The Morgan fingerprint density at radius 2 is 2.35 bits per heavy atom. The molecule has 1 aliphatic heterocycles. The highest BCUT2D eigenvalue weighted by atomic mass is 16.2. The summed E-state index contributed by atoms with van der Waals surface area (Å²) >= 11 is 0. The van der Waals surface area contributed by atoms with Gasteiger partial charge >= 0.3 is 0 Å². The molecule has 122 valence electrons. The van der Waals surface area contributed by atoms with Crippen LogP contribution in [-0.2, 0) is 22.7 Å². The van der Waals surface area contributed by atoms with E-state index < -0.39 is 0 Å². The molecule has 0 bridgehead atoms. The Hall–Kier alpha value is -2.64. The predicted molar refractivity (Wildman–Crippen MR) is 82.3 cm³/mol. The molecule has 2 aromatic heterocycles. The third-order valence-corrected chi connectivity index (χ3v) is 3.98. The van der Waals surface area contributed by atoms with Gasteiger partial charge in [0.15, 0.2) is 0 Å². The summed E-state index contributed by atoms with van der Waals surface area (Å²) in [7, 11) is 0. The number of nitrogens with one attached hydrogen (secondary N) is 2. The van der Waals surface area contributed by atoms with E-state index in [0.717, 1.165) is 24.5 Å². The smallest absolute Gasteiger partial charge is 0.242 e. The molecule has 8 heteroatoms. The molecule has 23 heavy (non-hydrogen) atoms. The van der Waals surface area contributed by atoms with Crippen LogP contribution in [0.4, 0.5) is 0 Å². The molecule has 8 nitrogen and oxygen atoms in total. The van der Waals surface area contributed by atoms with Gasteiger partial charge in [-0.3, -0.25) is 9.59 Å². The average molecular weight is 316 g/mol. The summed E-state index contributed by atoms with van der Waals surface area (Å²) in [5, 5.41) is 2.73. The normalized spacial score (nSPS) is 17.4. The van der Waals surface area contributed by atoms with Gasteiger partial charge in [0.2, 0.25) is 11.8 Å². The second-order valence-corrected chi connectivity index (χ2v) is 5.76. The molecule has 2 N–H and O–H groups in total. The van der Waals surface area contributed by atoms with Gasteiger partial charge in [-0.1, -0.05) is 0 Å². The Morgan fingerprint density at radius 1 is 1.48 bits per heavy atom. The molecule has 1 atom stereocenters. The van der Waals surface area contributed by atoms with Crippen molar-refractivity contribution in [3.8, 4) is 0 Å². The number of hydrogen-bond donors (Lipinski definition) is 2. The lowest BCUT2D eigenvalue weighted by molar-refractivity contribution is -0.130. The molecule has 1 saturated heterocycles. The molecule has 1 aliphatic rings. The minimum absolute atomic E-state index is 0.0710. The molecule has 0 saturated carbocycles. The third-order valence-electron chi connectivity index (χ3n) is 3.98. The number of aromatic amines is 1. The molecule has 2 amide bonds. The topological polar surface area (TPSA) is 95.9 Å². The fourth-order valence-corrected chi connectivity index (χ4v) is 2.74. The maximum Gasteiger partial charge on any atom is 0.242 e. The van der Waals surface area contributed by atoms with Crippen molar-refractivity contribution in [1.29, 1.82) is 0 Å². The Labute approximate surface area is 133 Å². The number of H-pyrrole nitrogens is 1. The van der Waals surface area contributed by atoms with Crippen molar-refractivity contribution in [1.82, 2.24) is 29.7 Å². The Balaban J connectivity index is 1.55. The first kappa shape index (κ1) is 15.3. The van der Waals surface area contributed by atoms with Crippen molar-refractivity contribution < 1.29 is 9.59 Å². The summed E-state index contributed by atoms with van der Waals surface area (Å²) in [5.41, 5.74) is 0.874. The van der Waals surface area contributed by atoms with E-state index in [4.69, 9.17) is 0 Å². The lowest BCUT2D eigenvalue weighted by Gasteiger charge is -2.16. The number of nitrogens with zero attached hydrogens (tertiary/aromatic N) is 4. The zero-order valence-electron chi connectivity index (χ0n) is 13.0. The highest BCUT2D eigenvalue weighted by Crippen LogP contribution is 2.25. The van der Waals surface area contributed by atoms with Crippen LogP contribution in [0, 0.1) is 0 Å². The van der Waals surface area contributed by atoms with E-state index in [0.29, 0.717) is 19.6 Å². The summed E-state index contributed by atoms with van der Waals surface area (Å²) in [5.74, 6) is 1.12. The van der Waals surface area contributed by atoms with Gasteiger partial charge in [-0.2, -0.15) is 0 Å². The van der Waals surface area contributed by atoms with Crippen LogP contribution in [0.15, 0.2) is 24.9 Å². The van der Waals surface area contributed by atoms with E-state index in [9.17, 15) is 9.59 Å². The van der Waals surface area contributed by atoms with Crippen molar-refractivity contribution in [3.05, 3.63) is 36.4 Å². The SMILES string of the molecule is CC(=O)NCc1cnc(C2CCN(C(=O)Cn3ccnc3)C2)[nH]1. The fraction of sp³-hybridized carbons (Fsp3) is 0.467. The molecule has 0 radical (unpaired) electrons. The van der Waals surface area contributed by atoms with E-state index in [1.165, 1.54) is 6.92 Å². The summed E-state index contributed by atoms with van der Waals surface area (Å²) < 4.78 is 1.77. The largest absolute Gasteiger partial charge is 0.351 e. The second kappa shape index (κ2) is 6.64. The monoisotopic (exact) mass is 316 g/mol. The second-order valence-electron chi connectivity index (χ2n) is 5.76. The molecular weight excluding hydrogens is 296 g/mol. The van der Waals surface area contributed by atoms with E-state index >= 15 is 0 Å². The van der Waals surface area contributed by atoms with Crippen LogP contribution in [-0.4, -0.2) is 49.3 Å². The average Bonchev–Trinajstić information content (AvgIpc) is 3.25. The van der Waals surface area contributed by atoms with Crippen molar-refractivity contribution in [3.63, 3.8) is 0 Å². The van der Waals surface area contributed by atoms with Gasteiger partial charge in [0.1, 0.15) is 12.4 Å². The zero-order chi connectivity index (χ0) is 16.2. The summed E-state index contributed by atoms with van der Waals surface area (Å²) in [6.07, 6.45) is 7.72. The number of imidazole rings is 2. The molecule has 3 heterocycles. The van der Waals surface area contributed by atoms with Crippen molar-refractivity contribution in [2.75, 3.05) is 13.1 Å². The van der Waals surface area contributed by atoms with E-state index in [1.54, 1.807) is 29.5 Å². The maximum atomic E-state index is 12.3. The number of amides is 2. The molecule has 0 spiro atoms. The Kier molecular flexibility index (Phi) is 4.40. The first-order valence-electron chi connectivity index (χ1n) is 7.63. The summed E-state index contributed by atoms with van der Waals surface area (Å²) in [6, 6.07) is 0.